The molecular weight excluding hydrogens is 307 g/mol. The van der Waals surface area contributed by atoms with Crippen LogP contribution in [-0.2, 0) is 11.3 Å². The van der Waals surface area contributed by atoms with Gasteiger partial charge in [-0.25, -0.2) is 9.37 Å². The molecule has 112 valence electrons. The van der Waals surface area contributed by atoms with Crippen molar-refractivity contribution in [2.75, 3.05) is 7.05 Å². The molecule has 0 aliphatic rings. The number of aromatic nitrogens is 1. The van der Waals surface area contributed by atoms with Crippen molar-refractivity contribution in [2.45, 2.75) is 30.0 Å². The van der Waals surface area contributed by atoms with Crippen LogP contribution in [0, 0.1) is 12.7 Å². The number of hydrogen-bond donors (Lipinski definition) is 0. The van der Waals surface area contributed by atoms with Gasteiger partial charge in [-0.15, -0.1) is 11.3 Å². The zero-order valence-corrected chi connectivity index (χ0v) is 13.8. The highest BCUT2D eigenvalue weighted by molar-refractivity contribution is 8.02. The van der Waals surface area contributed by atoms with Gasteiger partial charge in [-0.05, 0) is 31.5 Å². The fourth-order valence-corrected chi connectivity index (χ4v) is 3.99. The lowest BCUT2D eigenvalue weighted by Gasteiger charge is -2.20. The van der Waals surface area contributed by atoms with Crippen molar-refractivity contribution in [2.24, 2.45) is 0 Å². The monoisotopic (exact) mass is 324 g/mol. The van der Waals surface area contributed by atoms with E-state index in [0.717, 1.165) is 15.6 Å². The maximum atomic E-state index is 13.2. The summed E-state index contributed by atoms with van der Waals surface area (Å²) < 4.78 is 14.0. The second-order valence-electron chi connectivity index (χ2n) is 4.84. The van der Waals surface area contributed by atoms with E-state index >= 15 is 0 Å². The van der Waals surface area contributed by atoms with E-state index in [0.29, 0.717) is 6.54 Å². The molecule has 1 unspecified atom stereocenters. The maximum Gasteiger partial charge on any atom is 0.235 e. The highest BCUT2D eigenvalue weighted by Crippen LogP contribution is 2.27. The lowest BCUT2D eigenvalue weighted by Crippen LogP contribution is -2.32. The smallest absolute Gasteiger partial charge is 0.235 e. The summed E-state index contributed by atoms with van der Waals surface area (Å²) in [5, 5.41) is 1.75. The van der Waals surface area contributed by atoms with Crippen molar-refractivity contribution < 1.29 is 9.18 Å². The average molecular weight is 324 g/mol. The maximum absolute atomic E-state index is 13.2. The highest BCUT2D eigenvalue weighted by atomic mass is 32.2. The molecule has 1 aromatic heterocycles. The van der Waals surface area contributed by atoms with Crippen molar-refractivity contribution in [3.63, 3.8) is 0 Å². The molecule has 21 heavy (non-hydrogen) atoms. The number of halogens is 1. The summed E-state index contributed by atoms with van der Waals surface area (Å²) in [6.07, 6.45) is 0. The Hall–Kier alpha value is -1.40. The van der Waals surface area contributed by atoms with Gasteiger partial charge in [0.2, 0.25) is 5.91 Å². The number of thiazole rings is 1. The molecule has 0 saturated carbocycles. The minimum Gasteiger partial charge on any atom is -0.340 e. The standard InChI is InChI=1S/C15H17FN2OS2/c1-10-9-20-15(17-10)21-11(2)14(19)18(3)8-12-5-4-6-13(16)7-12/h4-7,9,11H,8H2,1-3H3. The summed E-state index contributed by atoms with van der Waals surface area (Å²) >= 11 is 3.00. The Morgan fingerprint density at radius 2 is 2.29 bits per heavy atom. The lowest BCUT2D eigenvalue weighted by atomic mass is 10.2. The molecule has 0 spiro atoms. The Labute approximate surface area is 132 Å². The Bertz CT molecular complexity index is 630. The third-order valence-corrected chi connectivity index (χ3v) is 5.09. The van der Waals surface area contributed by atoms with E-state index < -0.39 is 0 Å². The van der Waals surface area contributed by atoms with Gasteiger partial charge in [0, 0.05) is 24.7 Å². The summed E-state index contributed by atoms with van der Waals surface area (Å²) in [6.45, 7) is 4.20. The summed E-state index contributed by atoms with van der Waals surface area (Å²) in [6, 6.07) is 6.31. The topological polar surface area (TPSA) is 33.2 Å². The normalized spacial score (nSPS) is 12.2. The molecule has 2 aromatic rings. The van der Waals surface area contributed by atoms with Crippen LogP contribution in [0.2, 0.25) is 0 Å². The van der Waals surface area contributed by atoms with E-state index in [1.54, 1.807) is 29.4 Å². The van der Waals surface area contributed by atoms with Crippen LogP contribution in [0.1, 0.15) is 18.2 Å². The van der Waals surface area contributed by atoms with Crippen LogP contribution in [0.15, 0.2) is 34.0 Å². The van der Waals surface area contributed by atoms with Crippen molar-refractivity contribution in [3.05, 3.63) is 46.7 Å². The van der Waals surface area contributed by atoms with Crippen LogP contribution in [0.3, 0.4) is 0 Å². The fraction of sp³-hybridized carbons (Fsp3) is 0.333. The first-order chi connectivity index (χ1) is 9.95. The van der Waals surface area contributed by atoms with Crippen molar-refractivity contribution in [1.29, 1.82) is 0 Å². The van der Waals surface area contributed by atoms with Crippen LogP contribution in [0.4, 0.5) is 4.39 Å². The molecule has 0 radical (unpaired) electrons. The number of benzene rings is 1. The van der Waals surface area contributed by atoms with E-state index in [1.165, 1.54) is 23.9 Å². The van der Waals surface area contributed by atoms with Crippen LogP contribution in [0.25, 0.3) is 0 Å². The molecule has 0 bridgehead atoms. The Balaban J connectivity index is 1.95. The Morgan fingerprint density at radius 3 is 2.90 bits per heavy atom. The van der Waals surface area contributed by atoms with Crippen LogP contribution in [0.5, 0.6) is 0 Å². The summed E-state index contributed by atoms with van der Waals surface area (Å²) in [4.78, 5) is 18.3. The fourth-order valence-electron chi connectivity index (χ4n) is 1.89. The van der Waals surface area contributed by atoms with E-state index in [1.807, 2.05) is 25.3 Å². The molecule has 2 rings (SSSR count). The molecular formula is C15H17FN2OS2. The van der Waals surface area contributed by atoms with Gasteiger partial charge in [0.25, 0.3) is 0 Å². The molecule has 0 N–H and O–H groups in total. The minimum atomic E-state index is -0.283. The number of hydrogen-bond acceptors (Lipinski definition) is 4. The zero-order valence-electron chi connectivity index (χ0n) is 12.2. The summed E-state index contributed by atoms with van der Waals surface area (Å²) in [5.74, 6) is -0.272. The second-order valence-corrected chi connectivity index (χ2v) is 7.29. The number of amides is 1. The van der Waals surface area contributed by atoms with Gasteiger partial charge in [0.05, 0.1) is 5.25 Å². The first-order valence-electron chi connectivity index (χ1n) is 6.54. The van der Waals surface area contributed by atoms with E-state index in [9.17, 15) is 9.18 Å². The Kier molecular flexibility index (Phi) is 5.36. The lowest BCUT2D eigenvalue weighted by molar-refractivity contribution is -0.129. The Morgan fingerprint density at radius 1 is 1.52 bits per heavy atom. The van der Waals surface area contributed by atoms with Crippen molar-refractivity contribution in [3.8, 4) is 0 Å². The molecule has 1 atom stereocenters. The molecule has 6 heteroatoms. The number of rotatable bonds is 5. The van der Waals surface area contributed by atoms with Gasteiger partial charge in [-0.2, -0.15) is 0 Å². The molecule has 0 aliphatic carbocycles. The first kappa shape index (κ1) is 16.0. The van der Waals surface area contributed by atoms with Crippen molar-refractivity contribution in [1.82, 2.24) is 9.88 Å². The van der Waals surface area contributed by atoms with Crippen LogP contribution in [-0.4, -0.2) is 28.1 Å². The van der Waals surface area contributed by atoms with Gasteiger partial charge in [-0.1, -0.05) is 23.9 Å². The van der Waals surface area contributed by atoms with E-state index in [-0.39, 0.29) is 17.0 Å². The molecule has 1 aromatic carbocycles. The van der Waals surface area contributed by atoms with Gasteiger partial charge in [0.1, 0.15) is 5.82 Å². The SMILES string of the molecule is Cc1csc(SC(C)C(=O)N(C)Cc2cccc(F)c2)n1. The van der Waals surface area contributed by atoms with Crippen LogP contribution >= 0.6 is 23.1 Å². The van der Waals surface area contributed by atoms with Gasteiger partial charge < -0.3 is 4.90 Å². The van der Waals surface area contributed by atoms with Crippen molar-refractivity contribution >= 4 is 29.0 Å². The largest absolute Gasteiger partial charge is 0.340 e. The summed E-state index contributed by atoms with van der Waals surface area (Å²) in [5.41, 5.74) is 1.75. The number of thioether (sulfide) groups is 1. The highest BCUT2D eigenvalue weighted by Gasteiger charge is 2.20. The minimum absolute atomic E-state index is 0.0112. The number of aryl methyl sites for hydroxylation is 1. The molecule has 0 saturated heterocycles. The molecule has 3 nitrogen and oxygen atoms in total. The first-order valence-corrected chi connectivity index (χ1v) is 8.30. The third kappa shape index (κ3) is 4.54. The quantitative estimate of drug-likeness (QED) is 0.786. The van der Waals surface area contributed by atoms with Gasteiger partial charge >= 0.3 is 0 Å². The van der Waals surface area contributed by atoms with E-state index in [4.69, 9.17) is 0 Å². The van der Waals surface area contributed by atoms with Gasteiger partial charge in [0.15, 0.2) is 4.34 Å². The molecule has 1 amide bonds. The molecule has 1 heterocycles. The average Bonchev–Trinajstić information content (AvgIpc) is 2.83. The number of carbonyl (C=O) groups excluding carboxylic acids is 1. The second kappa shape index (κ2) is 7.04. The molecule has 0 aliphatic heterocycles. The number of carbonyl (C=O) groups is 1. The van der Waals surface area contributed by atoms with E-state index in [2.05, 4.69) is 4.98 Å². The third-order valence-electron chi connectivity index (χ3n) is 2.91. The molecule has 0 fully saturated rings. The number of nitrogens with zero attached hydrogens (tertiary/aromatic N) is 2. The van der Waals surface area contributed by atoms with Crippen LogP contribution < -0.4 is 0 Å². The zero-order chi connectivity index (χ0) is 15.4. The van der Waals surface area contributed by atoms with Gasteiger partial charge in [-0.3, -0.25) is 4.79 Å². The predicted octanol–water partition coefficient (Wildman–Crippen LogP) is 3.73. The predicted molar refractivity (Wildman–Crippen MR) is 85.0 cm³/mol. The summed E-state index contributed by atoms with van der Waals surface area (Å²) in [7, 11) is 1.73.